The van der Waals surface area contributed by atoms with Crippen LogP contribution in [0.15, 0.2) is 72.8 Å². The largest absolute Gasteiger partial charge is 0.493 e. The molecule has 3 aromatic rings. The fourth-order valence-corrected chi connectivity index (χ4v) is 3.31. The van der Waals surface area contributed by atoms with Gasteiger partial charge in [0.05, 0.1) is 33.6 Å². The van der Waals surface area contributed by atoms with Crippen molar-refractivity contribution in [2.75, 3.05) is 26.3 Å². The van der Waals surface area contributed by atoms with Crippen LogP contribution in [0.5, 0.6) is 17.2 Å². The molecular weight excluding hydrogens is 392 g/mol. The average Bonchev–Trinajstić information content (AvgIpc) is 2.82. The summed E-state index contributed by atoms with van der Waals surface area (Å²) in [6.07, 6.45) is 0.854. The van der Waals surface area contributed by atoms with Gasteiger partial charge in [0, 0.05) is 6.42 Å². The van der Waals surface area contributed by atoms with Crippen molar-refractivity contribution < 1.29 is 19.0 Å². The van der Waals surface area contributed by atoms with E-state index in [4.69, 9.17) is 14.2 Å². The number of rotatable bonds is 10. The Hall–Kier alpha value is -3.67. The van der Waals surface area contributed by atoms with Crippen LogP contribution < -0.4 is 24.6 Å². The lowest BCUT2D eigenvalue weighted by atomic mass is 10.1. The van der Waals surface area contributed by atoms with E-state index in [-0.39, 0.29) is 5.91 Å². The molecule has 0 saturated heterocycles. The molecule has 0 aromatic heterocycles. The molecule has 3 rings (SSSR count). The predicted molar refractivity (Wildman–Crippen MR) is 122 cm³/mol. The van der Waals surface area contributed by atoms with E-state index in [9.17, 15) is 4.79 Å². The quantitative estimate of drug-likeness (QED) is 0.493. The molecule has 0 aliphatic carbocycles. The molecule has 162 valence electrons. The molecule has 3 aromatic carbocycles. The van der Waals surface area contributed by atoms with Gasteiger partial charge < -0.3 is 14.2 Å². The molecule has 0 unspecified atom stereocenters. The number of carbonyl (C=O) groups is 1. The van der Waals surface area contributed by atoms with Crippen LogP contribution in [0.1, 0.15) is 17.5 Å². The van der Waals surface area contributed by atoms with Gasteiger partial charge in [-0.1, -0.05) is 48.5 Å². The van der Waals surface area contributed by atoms with E-state index >= 15 is 0 Å². The maximum Gasteiger partial charge on any atom is 0.238 e. The number of anilines is 1. The number of nitrogens with zero attached hydrogens (tertiary/aromatic N) is 1. The zero-order valence-electron chi connectivity index (χ0n) is 18.1. The Kier molecular flexibility index (Phi) is 7.76. The Labute approximate surface area is 183 Å². The van der Waals surface area contributed by atoms with Gasteiger partial charge >= 0.3 is 0 Å². The van der Waals surface area contributed by atoms with E-state index in [0.717, 1.165) is 16.8 Å². The highest BCUT2D eigenvalue weighted by molar-refractivity contribution is 5.78. The first-order valence-corrected chi connectivity index (χ1v) is 10.1. The first-order valence-electron chi connectivity index (χ1n) is 10.1. The molecule has 0 atom stereocenters. The molecule has 6 heteroatoms. The molecule has 6 nitrogen and oxygen atoms in total. The minimum absolute atomic E-state index is 0.0754. The second-order valence-electron chi connectivity index (χ2n) is 6.98. The van der Waals surface area contributed by atoms with Gasteiger partial charge in [-0.15, -0.1) is 0 Å². The topological polar surface area (TPSA) is 60.0 Å². The van der Waals surface area contributed by atoms with Gasteiger partial charge in [0.1, 0.15) is 0 Å². The molecule has 0 aliphatic heterocycles. The van der Waals surface area contributed by atoms with Crippen molar-refractivity contribution in [2.45, 2.75) is 19.4 Å². The van der Waals surface area contributed by atoms with Crippen LogP contribution in [-0.2, 0) is 17.8 Å². The molecule has 1 amide bonds. The molecular formula is C25H28N2O4. The summed E-state index contributed by atoms with van der Waals surface area (Å²) in [6.45, 7) is 0.570. The lowest BCUT2D eigenvalue weighted by molar-refractivity contribution is -0.121. The van der Waals surface area contributed by atoms with E-state index in [1.54, 1.807) is 21.3 Å². The number of carbonyl (C=O) groups excluding carboxylic acids is 1. The van der Waals surface area contributed by atoms with Gasteiger partial charge in [-0.2, -0.15) is 0 Å². The summed E-state index contributed by atoms with van der Waals surface area (Å²) in [5.74, 6) is 1.62. The molecule has 0 fully saturated rings. The number of hydrogen-bond acceptors (Lipinski definition) is 5. The van der Waals surface area contributed by atoms with Crippen molar-refractivity contribution in [1.82, 2.24) is 5.43 Å². The lowest BCUT2D eigenvalue weighted by Gasteiger charge is -2.25. The van der Waals surface area contributed by atoms with E-state index < -0.39 is 0 Å². The van der Waals surface area contributed by atoms with Gasteiger partial charge in [0.25, 0.3) is 0 Å². The lowest BCUT2D eigenvalue weighted by Crippen LogP contribution is -2.42. The zero-order valence-corrected chi connectivity index (χ0v) is 18.1. The first kappa shape index (κ1) is 22.0. The molecule has 1 N–H and O–H groups in total. The zero-order chi connectivity index (χ0) is 22.1. The molecule has 0 spiro atoms. The summed E-state index contributed by atoms with van der Waals surface area (Å²) in [6, 6.07) is 23.6. The van der Waals surface area contributed by atoms with Crippen LogP contribution in [0.4, 0.5) is 5.69 Å². The van der Waals surface area contributed by atoms with Gasteiger partial charge in [-0.3, -0.25) is 15.2 Å². The highest BCUT2D eigenvalue weighted by Crippen LogP contribution is 2.38. The van der Waals surface area contributed by atoms with Crippen molar-refractivity contribution >= 4 is 11.6 Å². The van der Waals surface area contributed by atoms with E-state index in [1.807, 2.05) is 77.8 Å². The number of methoxy groups -OCH3 is 3. The Morgan fingerprint density at radius 1 is 0.806 bits per heavy atom. The number of amides is 1. The van der Waals surface area contributed by atoms with E-state index in [0.29, 0.717) is 36.6 Å². The van der Waals surface area contributed by atoms with Crippen LogP contribution in [0, 0.1) is 0 Å². The molecule has 0 bridgehead atoms. The van der Waals surface area contributed by atoms with Crippen molar-refractivity contribution in [1.29, 1.82) is 0 Å². The fourth-order valence-electron chi connectivity index (χ4n) is 3.31. The molecule has 31 heavy (non-hydrogen) atoms. The SMILES string of the molecule is COc1cc(CCC(=O)NN(Cc2ccccc2)c2ccccc2)cc(OC)c1OC. The molecule has 0 radical (unpaired) electrons. The van der Waals surface area contributed by atoms with Gasteiger partial charge in [-0.05, 0) is 41.8 Å². The molecule has 0 heterocycles. The van der Waals surface area contributed by atoms with Crippen molar-refractivity contribution in [3.63, 3.8) is 0 Å². The Morgan fingerprint density at radius 3 is 1.94 bits per heavy atom. The normalized spacial score (nSPS) is 10.3. The third-order valence-electron chi connectivity index (χ3n) is 4.88. The fraction of sp³-hybridized carbons (Fsp3) is 0.240. The second kappa shape index (κ2) is 10.9. The average molecular weight is 421 g/mol. The molecule has 0 saturated carbocycles. The summed E-state index contributed by atoms with van der Waals surface area (Å²) in [7, 11) is 4.72. The summed E-state index contributed by atoms with van der Waals surface area (Å²) >= 11 is 0. The van der Waals surface area contributed by atoms with Crippen LogP contribution in [0.2, 0.25) is 0 Å². The number of hydrazine groups is 1. The molecule has 0 aliphatic rings. The standard InChI is InChI=1S/C25H28N2O4/c1-29-22-16-20(17-23(30-2)25(22)31-3)14-15-24(28)26-27(21-12-8-5-9-13-21)18-19-10-6-4-7-11-19/h4-13,16-17H,14-15,18H2,1-3H3,(H,26,28). The predicted octanol–water partition coefficient (Wildman–Crippen LogP) is 4.38. The van der Waals surface area contributed by atoms with Crippen LogP contribution >= 0.6 is 0 Å². The number of nitrogens with one attached hydrogen (secondary N) is 1. The third kappa shape index (κ3) is 5.92. The van der Waals surface area contributed by atoms with Crippen LogP contribution in [-0.4, -0.2) is 27.2 Å². The maximum atomic E-state index is 12.8. The van der Waals surface area contributed by atoms with E-state index in [2.05, 4.69) is 5.43 Å². The minimum Gasteiger partial charge on any atom is -0.493 e. The van der Waals surface area contributed by atoms with Gasteiger partial charge in [0.15, 0.2) is 11.5 Å². The number of benzene rings is 3. The van der Waals surface area contributed by atoms with Crippen molar-refractivity contribution in [3.05, 3.63) is 83.9 Å². The number of para-hydroxylation sites is 1. The number of hydrogen-bond donors (Lipinski definition) is 1. The summed E-state index contributed by atoms with van der Waals surface area (Å²) in [4.78, 5) is 12.8. The smallest absolute Gasteiger partial charge is 0.238 e. The van der Waals surface area contributed by atoms with Crippen molar-refractivity contribution in [2.24, 2.45) is 0 Å². The minimum atomic E-state index is -0.0754. The van der Waals surface area contributed by atoms with Crippen LogP contribution in [0.25, 0.3) is 0 Å². The van der Waals surface area contributed by atoms with E-state index in [1.165, 1.54) is 0 Å². The van der Waals surface area contributed by atoms with Crippen molar-refractivity contribution in [3.8, 4) is 17.2 Å². The monoisotopic (exact) mass is 420 g/mol. The van der Waals surface area contributed by atoms with Gasteiger partial charge in [-0.25, -0.2) is 0 Å². The first-order chi connectivity index (χ1) is 15.1. The Morgan fingerprint density at radius 2 is 1.39 bits per heavy atom. The highest BCUT2D eigenvalue weighted by Gasteiger charge is 2.15. The summed E-state index contributed by atoms with van der Waals surface area (Å²) in [5.41, 5.74) is 6.00. The number of aryl methyl sites for hydroxylation is 1. The summed E-state index contributed by atoms with van der Waals surface area (Å²) in [5, 5.41) is 1.87. The highest BCUT2D eigenvalue weighted by atomic mass is 16.5. The summed E-state index contributed by atoms with van der Waals surface area (Å²) < 4.78 is 16.2. The second-order valence-corrected chi connectivity index (χ2v) is 6.98. The maximum absolute atomic E-state index is 12.8. The Bertz CT molecular complexity index is 952. The van der Waals surface area contributed by atoms with Crippen LogP contribution in [0.3, 0.4) is 0 Å². The number of ether oxygens (including phenoxy) is 3. The van der Waals surface area contributed by atoms with Gasteiger partial charge in [0.2, 0.25) is 11.7 Å². The Balaban J connectivity index is 1.70. The third-order valence-corrected chi connectivity index (χ3v) is 4.88.